The van der Waals surface area contributed by atoms with Gasteiger partial charge < -0.3 is 9.26 Å². The molecule has 0 atom stereocenters. The maximum absolute atomic E-state index is 13.2. The number of ether oxygens (including phenoxy) is 1. The van der Waals surface area contributed by atoms with Crippen LogP contribution >= 0.6 is 0 Å². The molecule has 0 unspecified atom stereocenters. The molecular weight excluding hydrogens is 411 g/mol. The second kappa shape index (κ2) is 8.07. The maximum Gasteiger partial charge on any atom is 0.279 e. The van der Waals surface area contributed by atoms with Crippen LogP contribution in [0, 0.1) is 5.82 Å². The number of rotatable bonds is 5. The van der Waals surface area contributed by atoms with Crippen molar-refractivity contribution < 1.29 is 13.7 Å². The van der Waals surface area contributed by atoms with Gasteiger partial charge in [0.1, 0.15) is 11.6 Å². The highest BCUT2D eigenvalue weighted by molar-refractivity contribution is 5.92. The fourth-order valence-corrected chi connectivity index (χ4v) is 3.41. The summed E-state index contributed by atoms with van der Waals surface area (Å²) in [6.45, 7) is 2.45. The van der Waals surface area contributed by atoms with E-state index in [2.05, 4.69) is 15.2 Å². The monoisotopic (exact) mass is 428 g/mol. The fraction of sp³-hybridized carbons (Fsp3) is 0.0833. The predicted octanol–water partition coefficient (Wildman–Crippen LogP) is 4.64. The van der Waals surface area contributed by atoms with Crippen LogP contribution in [-0.2, 0) is 0 Å². The molecule has 0 N–H and O–H groups in total. The van der Waals surface area contributed by atoms with Gasteiger partial charge in [-0.25, -0.2) is 4.39 Å². The van der Waals surface area contributed by atoms with E-state index in [1.807, 2.05) is 13.0 Å². The van der Waals surface area contributed by atoms with Gasteiger partial charge in [0.25, 0.3) is 11.4 Å². The molecule has 0 aliphatic rings. The quantitative estimate of drug-likeness (QED) is 0.406. The molecule has 8 heteroatoms. The molecule has 32 heavy (non-hydrogen) atoms. The number of hydrogen-bond donors (Lipinski definition) is 0. The minimum atomic E-state index is -0.354. The van der Waals surface area contributed by atoms with Crippen molar-refractivity contribution in [3.63, 3.8) is 0 Å². The van der Waals surface area contributed by atoms with Crippen molar-refractivity contribution in [1.29, 1.82) is 0 Å². The standard InChI is InChI=1S/C24H17FN4O3/c1-2-31-18-13-11-17(12-14-18)29-24(30)20-6-4-3-5-19(20)21(27-29)23-26-22(28-32-23)15-7-9-16(25)10-8-15/h3-14H,2H2,1H3. The lowest BCUT2D eigenvalue weighted by molar-refractivity contribution is 0.340. The van der Waals surface area contributed by atoms with Crippen LogP contribution in [0.25, 0.3) is 39.4 Å². The highest BCUT2D eigenvalue weighted by Gasteiger charge is 2.19. The average Bonchev–Trinajstić information content (AvgIpc) is 3.31. The molecular formula is C24H17FN4O3. The Labute approximate surface area is 181 Å². The molecule has 0 spiro atoms. The van der Waals surface area contributed by atoms with E-state index in [1.54, 1.807) is 54.6 Å². The summed E-state index contributed by atoms with van der Waals surface area (Å²) in [6.07, 6.45) is 0. The number of benzene rings is 3. The smallest absolute Gasteiger partial charge is 0.279 e. The third-order valence-electron chi connectivity index (χ3n) is 4.93. The number of aromatic nitrogens is 4. The van der Waals surface area contributed by atoms with Crippen molar-refractivity contribution >= 4 is 10.8 Å². The van der Waals surface area contributed by atoms with Gasteiger partial charge in [0.05, 0.1) is 17.7 Å². The Morgan fingerprint density at radius 2 is 1.69 bits per heavy atom. The minimum absolute atomic E-state index is 0.153. The van der Waals surface area contributed by atoms with Crippen molar-refractivity contribution in [2.24, 2.45) is 0 Å². The Morgan fingerprint density at radius 3 is 2.41 bits per heavy atom. The summed E-state index contributed by atoms with van der Waals surface area (Å²) < 4.78 is 25.5. The first-order valence-electron chi connectivity index (χ1n) is 9.99. The van der Waals surface area contributed by atoms with Crippen LogP contribution in [0.4, 0.5) is 4.39 Å². The maximum atomic E-state index is 13.2. The van der Waals surface area contributed by atoms with E-state index in [0.29, 0.717) is 45.9 Å². The van der Waals surface area contributed by atoms with Crippen LogP contribution in [-0.4, -0.2) is 26.5 Å². The summed E-state index contributed by atoms with van der Waals surface area (Å²) in [5, 5.41) is 9.61. The molecule has 2 heterocycles. The highest BCUT2D eigenvalue weighted by Crippen LogP contribution is 2.27. The zero-order valence-electron chi connectivity index (χ0n) is 17.0. The Morgan fingerprint density at radius 1 is 0.969 bits per heavy atom. The average molecular weight is 428 g/mol. The first kappa shape index (κ1) is 19.6. The molecule has 0 amide bonds. The third kappa shape index (κ3) is 3.51. The van der Waals surface area contributed by atoms with Crippen LogP contribution < -0.4 is 10.3 Å². The summed E-state index contributed by atoms with van der Waals surface area (Å²) in [7, 11) is 0. The van der Waals surface area contributed by atoms with Gasteiger partial charge in [-0.1, -0.05) is 23.4 Å². The molecule has 0 aliphatic carbocycles. The van der Waals surface area contributed by atoms with Crippen molar-refractivity contribution in [3.8, 4) is 34.4 Å². The Hall–Kier alpha value is -4.33. The van der Waals surface area contributed by atoms with E-state index in [1.165, 1.54) is 16.8 Å². The van der Waals surface area contributed by atoms with Crippen LogP contribution in [0.5, 0.6) is 5.75 Å². The largest absolute Gasteiger partial charge is 0.494 e. The Bertz CT molecular complexity index is 1460. The first-order chi connectivity index (χ1) is 15.6. The lowest BCUT2D eigenvalue weighted by Gasteiger charge is -2.10. The predicted molar refractivity (Wildman–Crippen MR) is 117 cm³/mol. The van der Waals surface area contributed by atoms with Gasteiger partial charge in [0.2, 0.25) is 5.82 Å². The molecule has 0 fully saturated rings. The summed E-state index contributed by atoms with van der Waals surface area (Å²) in [6, 6.07) is 20.0. The van der Waals surface area contributed by atoms with Gasteiger partial charge >= 0.3 is 0 Å². The number of fused-ring (bicyclic) bond motifs is 1. The second-order valence-corrected chi connectivity index (χ2v) is 6.97. The highest BCUT2D eigenvalue weighted by atomic mass is 19.1. The molecule has 0 aliphatic heterocycles. The van der Waals surface area contributed by atoms with Crippen LogP contribution in [0.15, 0.2) is 82.1 Å². The Balaban J connectivity index is 1.66. The molecule has 7 nitrogen and oxygen atoms in total. The lowest BCUT2D eigenvalue weighted by Crippen LogP contribution is -2.22. The van der Waals surface area contributed by atoms with Crippen molar-refractivity contribution in [1.82, 2.24) is 19.9 Å². The number of halogens is 1. The molecule has 0 saturated carbocycles. The van der Waals surface area contributed by atoms with E-state index in [-0.39, 0.29) is 17.3 Å². The van der Waals surface area contributed by atoms with Crippen molar-refractivity contribution in [3.05, 3.63) is 89.0 Å². The minimum Gasteiger partial charge on any atom is -0.494 e. The van der Waals surface area contributed by atoms with E-state index in [0.717, 1.165) is 0 Å². The molecule has 2 aromatic heterocycles. The molecule has 158 valence electrons. The van der Waals surface area contributed by atoms with Gasteiger partial charge in [-0.2, -0.15) is 14.8 Å². The second-order valence-electron chi connectivity index (χ2n) is 6.97. The number of nitrogens with zero attached hydrogens (tertiary/aromatic N) is 4. The summed E-state index contributed by atoms with van der Waals surface area (Å²) in [5.74, 6) is 0.795. The van der Waals surface area contributed by atoms with E-state index < -0.39 is 0 Å². The van der Waals surface area contributed by atoms with Crippen molar-refractivity contribution in [2.75, 3.05) is 6.61 Å². The van der Waals surface area contributed by atoms with Gasteiger partial charge in [-0.3, -0.25) is 4.79 Å². The topological polar surface area (TPSA) is 83.0 Å². The number of hydrogen-bond acceptors (Lipinski definition) is 6. The van der Waals surface area contributed by atoms with Crippen LogP contribution in [0.1, 0.15) is 6.92 Å². The molecule has 0 radical (unpaired) electrons. The Kier molecular flexibility index (Phi) is 4.95. The van der Waals surface area contributed by atoms with Crippen molar-refractivity contribution in [2.45, 2.75) is 6.92 Å². The van der Waals surface area contributed by atoms with Gasteiger partial charge in [-0.15, -0.1) is 0 Å². The van der Waals surface area contributed by atoms with Gasteiger partial charge in [0.15, 0.2) is 5.69 Å². The molecule has 3 aromatic carbocycles. The first-order valence-corrected chi connectivity index (χ1v) is 9.99. The fourth-order valence-electron chi connectivity index (χ4n) is 3.41. The van der Waals surface area contributed by atoms with Crippen LogP contribution in [0.2, 0.25) is 0 Å². The zero-order valence-corrected chi connectivity index (χ0v) is 17.0. The van der Waals surface area contributed by atoms with Gasteiger partial charge in [0, 0.05) is 10.9 Å². The zero-order chi connectivity index (χ0) is 22.1. The van der Waals surface area contributed by atoms with E-state index in [9.17, 15) is 9.18 Å². The lowest BCUT2D eigenvalue weighted by atomic mass is 10.1. The van der Waals surface area contributed by atoms with Gasteiger partial charge in [-0.05, 0) is 61.5 Å². The molecule has 0 bridgehead atoms. The molecule has 0 saturated heterocycles. The van der Waals surface area contributed by atoms with Crippen LogP contribution in [0.3, 0.4) is 0 Å². The molecule has 5 aromatic rings. The third-order valence-corrected chi connectivity index (χ3v) is 4.93. The van der Waals surface area contributed by atoms with E-state index in [4.69, 9.17) is 9.26 Å². The summed E-state index contributed by atoms with van der Waals surface area (Å²) in [5.41, 5.74) is 1.27. The normalized spacial score (nSPS) is 11.1. The van der Waals surface area contributed by atoms with E-state index >= 15 is 0 Å². The molecule has 5 rings (SSSR count). The summed E-state index contributed by atoms with van der Waals surface area (Å²) >= 11 is 0. The SMILES string of the molecule is CCOc1ccc(-n2nc(-c3nc(-c4ccc(F)cc4)no3)c3ccccc3c2=O)cc1. The summed E-state index contributed by atoms with van der Waals surface area (Å²) in [4.78, 5) is 17.6.